The standard InChI is InChI=1S/C15H18N2O/c1-2-4-13-11(3-1)12-5-8-16-15(14(12)17-13)6-9-18-10-7-15/h1-4,16-17H,5-10H2. The van der Waals surface area contributed by atoms with Crippen LogP contribution in [0.15, 0.2) is 24.3 Å². The monoisotopic (exact) mass is 242 g/mol. The molecular weight excluding hydrogens is 224 g/mol. The first-order valence-corrected chi connectivity index (χ1v) is 6.82. The van der Waals surface area contributed by atoms with E-state index < -0.39 is 0 Å². The zero-order valence-corrected chi connectivity index (χ0v) is 10.5. The molecule has 0 unspecified atom stereocenters. The van der Waals surface area contributed by atoms with E-state index >= 15 is 0 Å². The van der Waals surface area contributed by atoms with Gasteiger partial charge in [-0.05, 0) is 30.9 Å². The number of hydrogen-bond donors (Lipinski definition) is 2. The van der Waals surface area contributed by atoms with Gasteiger partial charge in [0, 0.05) is 36.4 Å². The number of H-pyrrole nitrogens is 1. The third kappa shape index (κ3) is 1.38. The average Bonchev–Trinajstić information content (AvgIpc) is 2.81. The molecule has 94 valence electrons. The summed E-state index contributed by atoms with van der Waals surface area (Å²) in [6.45, 7) is 2.80. The van der Waals surface area contributed by atoms with E-state index in [0.717, 1.165) is 39.0 Å². The molecule has 0 aliphatic carbocycles. The lowest BCUT2D eigenvalue weighted by Crippen LogP contribution is -2.50. The van der Waals surface area contributed by atoms with Crippen LogP contribution in [0, 0.1) is 0 Å². The van der Waals surface area contributed by atoms with Crippen LogP contribution in [0.3, 0.4) is 0 Å². The number of benzene rings is 1. The molecule has 1 saturated heterocycles. The molecule has 0 amide bonds. The highest BCUT2D eigenvalue weighted by Gasteiger charge is 2.39. The molecule has 18 heavy (non-hydrogen) atoms. The van der Waals surface area contributed by atoms with Crippen molar-refractivity contribution in [2.45, 2.75) is 24.8 Å². The molecule has 0 bridgehead atoms. The van der Waals surface area contributed by atoms with Crippen molar-refractivity contribution < 1.29 is 4.74 Å². The second-order valence-corrected chi connectivity index (χ2v) is 5.40. The van der Waals surface area contributed by atoms with E-state index in [1.807, 2.05) is 0 Å². The van der Waals surface area contributed by atoms with E-state index in [-0.39, 0.29) is 5.54 Å². The van der Waals surface area contributed by atoms with Gasteiger partial charge < -0.3 is 15.0 Å². The molecule has 3 heteroatoms. The first-order valence-electron chi connectivity index (χ1n) is 6.82. The molecule has 0 atom stereocenters. The summed E-state index contributed by atoms with van der Waals surface area (Å²) in [6.07, 6.45) is 3.28. The van der Waals surface area contributed by atoms with Crippen LogP contribution in [0.4, 0.5) is 0 Å². The van der Waals surface area contributed by atoms with Gasteiger partial charge in [0.15, 0.2) is 0 Å². The Balaban J connectivity index is 1.93. The van der Waals surface area contributed by atoms with Gasteiger partial charge in [-0.3, -0.25) is 0 Å². The fourth-order valence-electron chi connectivity index (χ4n) is 3.53. The van der Waals surface area contributed by atoms with Crippen LogP contribution < -0.4 is 5.32 Å². The zero-order chi connectivity index (χ0) is 12.0. The quantitative estimate of drug-likeness (QED) is 0.744. The minimum absolute atomic E-state index is 0.130. The van der Waals surface area contributed by atoms with E-state index in [4.69, 9.17) is 4.74 Å². The third-order valence-electron chi connectivity index (χ3n) is 4.48. The molecule has 1 aromatic carbocycles. The van der Waals surface area contributed by atoms with Gasteiger partial charge in [0.2, 0.25) is 0 Å². The van der Waals surface area contributed by atoms with Gasteiger partial charge in [0.1, 0.15) is 0 Å². The normalized spacial score (nSPS) is 22.2. The summed E-state index contributed by atoms with van der Waals surface area (Å²) in [5.74, 6) is 0. The van der Waals surface area contributed by atoms with Crippen molar-refractivity contribution in [3.63, 3.8) is 0 Å². The molecule has 2 aliphatic rings. The van der Waals surface area contributed by atoms with Crippen LogP contribution in [0.5, 0.6) is 0 Å². The molecule has 2 aliphatic heterocycles. The zero-order valence-electron chi connectivity index (χ0n) is 10.5. The van der Waals surface area contributed by atoms with Crippen molar-refractivity contribution in [3.8, 4) is 0 Å². The van der Waals surface area contributed by atoms with Crippen molar-refractivity contribution in [1.29, 1.82) is 0 Å². The number of fused-ring (bicyclic) bond motifs is 4. The fourth-order valence-corrected chi connectivity index (χ4v) is 3.53. The lowest BCUT2D eigenvalue weighted by molar-refractivity contribution is 0.0327. The van der Waals surface area contributed by atoms with Crippen molar-refractivity contribution >= 4 is 10.9 Å². The van der Waals surface area contributed by atoms with Crippen molar-refractivity contribution in [2.75, 3.05) is 19.8 Å². The highest BCUT2D eigenvalue weighted by atomic mass is 16.5. The summed E-state index contributed by atoms with van der Waals surface area (Å²) < 4.78 is 5.53. The summed E-state index contributed by atoms with van der Waals surface area (Å²) in [6, 6.07) is 8.66. The van der Waals surface area contributed by atoms with Gasteiger partial charge in [-0.1, -0.05) is 18.2 Å². The SMILES string of the molecule is c1ccc2c3c([nH]c2c1)C1(CCOCC1)NCC3. The smallest absolute Gasteiger partial charge is 0.0633 e. The molecular formula is C15H18N2O. The summed E-state index contributed by atoms with van der Waals surface area (Å²) in [5, 5.41) is 5.14. The minimum Gasteiger partial charge on any atom is -0.381 e. The first-order chi connectivity index (χ1) is 8.89. The Bertz CT molecular complexity index is 581. The number of aromatic nitrogens is 1. The molecule has 0 saturated carbocycles. The second kappa shape index (κ2) is 3.84. The number of rotatable bonds is 0. The van der Waals surface area contributed by atoms with Crippen molar-refractivity contribution in [2.24, 2.45) is 0 Å². The van der Waals surface area contributed by atoms with Crippen LogP contribution in [0.2, 0.25) is 0 Å². The predicted molar refractivity (Wildman–Crippen MR) is 71.7 cm³/mol. The van der Waals surface area contributed by atoms with Crippen LogP contribution in [0.1, 0.15) is 24.1 Å². The molecule has 2 aromatic rings. The molecule has 2 N–H and O–H groups in total. The van der Waals surface area contributed by atoms with E-state index in [1.54, 1.807) is 0 Å². The topological polar surface area (TPSA) is 37.0 Å². The predicted octanol–water partition coefficient (Wildman–Crippen LogP) is 2.32. The Morgan fingerprint density at radius 3 is 2.83 bits per heavy atom. The maximum Gasteiger partial charge on any atom is 0.0633 e. The highest BCUT2D eigenvalue weighted by molar-refractivity contribution is 5.85. The molecule has 3 nitrogen and oxygen atoms in total. The Kier molecular flexibility index (Phi) is 2.26. The lowest BCUT2D eigenvalue weighted by atomic mass is 9.81. The summed E-state index contributed by atoms with van der Waals surface area (Å²) in [4.78, 5) is 3.66. The first kappa shape index (κ1) is 10.6. The summed E-state index contributed by atoms with van der Waals surface area (Å²) in [7, 11) is 0. The molecule has 1 spiro atoms. The Morgan fingerprint density at radius 2 is 1.94 bits per heavy atom. The highest BCUT2D eigenvalue weighted by Crippen LogP contribution is 2.39. The number of ether oxygens (including phenoxy) is 1. The Morgan fingerprint density at radius 1 is 1.11 bits per heavy atom. The van der Waals surface area contributed by atoms with Gasteiger partial charge >= 0.3 is 0 Å². The van der Waals surface area contributed by atoms with Crippen LogP contribution in [0.25, 0.3) is 10.9 Å². The van der Waals surface area contributed by atoms with Gasteiger partial charge in [0.05, 0.1) is 5.54 Å². The number of hydrogen-bond acceptors (Lipinski definition) is 2. The summed E-state index contributed by atoms with van der Waals surface area (Å²) >= 11 is 0. The van der Waals surface area contributed by atoms with Crippen LogP contribution in [-0.2, 0) is 16.7 Å². The largest absolute Gasteiger partial charge is 0.381 e. The maximum atomic E-state index is 5.53. The number of para-hydroxylation sites is 1. The average molecular weight is 242 g/mol. The van der Waals surface area contributed by atoms with Gasteiger partial charge in [-0.25, -0.2) is 0 Å². The fraction of sp³-hybridized carbons (Fsp3) is 0.467. The van der Waals surface area contributed by atoms with E-state index in [9.17, 15) is 0 Å². The van der Waals surface area contributed by atoms with Crippen molar-refractivity contribution in [3.05, 3.63) is 35.5 Å². The van der Waals surface area contributed by atoms with Gasteiger partial charge in [-0.15, -0.1) is 0 Å². The van der Waals surface area contributed by atoms with E-state index in [1.165, 1.54) is 22.2 Å². The maximum absolute atomic E-state index is 5.53. The number of aromatic amines is 1. The van der Waals surface area contributed by atoms with E-state index in [2.05, 4.69) is 34.6 Å². The summed E-state index contributed by atoms with van der Waals surface area (Å²) in [5.41, 5.74) is 4.34. The van der Waals surface area contributed by atoms with Crippen LogP contribution >= 0.6 is 0 Å². The molecule has 1 aromatic heterocycles. The van der Waals surface area contributed by atoms with Gasteiger partial charge in [0.25, 0.3) is 0 Å². The molecule has 4 rings (SSSR count). The lowest BCUT2D eigenvalue weighted by Gasteiger charge is -2.41. The number of nitrogens with one attached hydrogen (secondary N) is 2. The Hall–Kier alpha value is -1.32. The third-order valence-corrected chi connectivity index (χ3v) is 4.48. The molecule has 0 radical (unpaired) electrons. The van der Waals surface area contributed by atoms with E-state index in [0.29, 0.717) is 0 Å². The molecule has 3 heterocycles. The van der Waals surface area contributed by atoms with Crippen LogP contribution in [-0.4, -0.2) is 24.7 Å². The van der Waals surface area contributed by atoms with Gasteiger partial charge in [-0.2, -0.15) is 0 Å². The minimum atomic E-state index is 0.130. The Labute approximate surface area is 107 Å². The molecule has 1 fully saturated rings. The van der Waals surface area contributed by atoms with Crippen molar-refractivity contribution in [1.82, 2.24) is 10.3 Å². The second-order valence-electron chi connectivity index (χ2n) is 5.40.